The molecule has 23 heteroatoms. The van der Waals surface area contributed by atoms with Crippen LogP contribution in [0.15, 0.2) is 11.6 Å². The first-order valence-electron chi connectivity index (χ1n) is 27.9. The van der Waals surface area contributed by atoms with Gasteiger partial charge in [-0.1, -0.05) is 53.2 Å². The molecule has 4 heterocycles. The Hall–Kier alpha value is -1.18. The standard InChI is InChI=1S/C54H92O23/c1-23(24-15-16-54(8)31-12-10-25-26(52(31,6)17-18-53(24,54)7)11-14-32(50(25,2)3)75-47-43(67)39(63)35(59)28(20-56)72-47)9-13-33(51(4,5)69)76-49-45(77-48-44(68)40(64)36(60)29(21-57)73-48)41(65)37(61)30(74-49)22-70-46-42(66)38(62)34(58)27(19-55)71-46/h15,23,25-49,55-69H,9-14,16-22H2,1-8H3. The van der Waals surface area contributed by atoms with E-state index >= 15 is 0 Å². The van der Waals surface area contributed by atoms with Gasteiger partial charge in [0.2, 0.25) is 0 Å². The second-order valence-electron chi connectivity index (χ2n) is 25.8. The Balaban J connectivity index is 0.962. The number of aliphatic hydroxyl groups is 15. The van der Waals surface area contributed by atoms with Gasteiger partial charge in [-0.25, -0.2) is 0 Å². The predicted molar refractivity (Wildman–Crippen MR) is 266 cm³/mol. The number of ether oxygens (including phenoxy) is 8. The first-order valence-corrected chi connectivity index (χ1v) is 27.9. The molecular weight excluding hydrogens is 1020 g/mol. The molecule has 29 atom stereocenters. The largest absolute Gasteiger partial charge is 0.394 e. The van der Waals surface area contributed by atoms with Crippen molar-refractivity contribution in [3.8, 4) is 0 Å². The maximum absolute atomic E-state index is 11.8. The normalized spacial score (nSPS) is 51.0. The highest BCUT2D eigenvalue weighted by Crippen LogP contribution is 2.74. The molecule has 4 saturated heterocycles. The zero-order chi connectivity index (χ0) is 56.6. The molecule has 8 rings (SSSR count). The molecule has 446 valence electrons. The Morgan fingerprint density at radius 3 is 1.61 bits per heavy atom. The first-order chi connectivity index (χ1) is 36.0. The average Bonchev–Trinajstić information content (AvgIpc) is 3.69. The molecule has 0 aromatic rings. The summed E-state index contributed by atoms with van der Waals surface area (Å²) >= 11 is 0. The third-order valence-electron chi connectivity index (χ3n) is 20.7. The van der Waals surface area contributed by atoms with Gasteiger partial charge in [-0.15, -0.1) is 0 Å². The van der Waals surface area contributed by atoms with Crippen LogP contribution in [0.5, 0.6) is 0 Å². The molecule has 0 bridgehead atoms. The Morgan fingerprint density at radius 2 is 1.06 bits per heavy atom. The molecule has 4 aliphatic carbocycles. The van der Waals surface area contributed by atoms with Gasteiger partial charge in [0.25, 0.3) is 0 Å². The average molecular weight is 1110 g/mol. The smallest absolute Gasteiger partial charge is 0.187 e. The monoisotopic (exact) mass is 1110 g/mol. The molecule has 7 fully saturated rings. The lowest BCUT2D eigenvalue weighted by atomic mass is 9.37. The third kappa shape index (κ3) is 11.1. The van der Waals surface area contributed by atoms with Gasteiger partial charge in [0.05, 0.1) is 44.2 Å². The van der Waals surface area contributed by atoms with Crippen LogP contribution in [-0.4, -0.2) is 244 Å². The molecular formula is C54H92O23. The number of allylic oxidation sites excluding steroid dienone is 2. The van der Waals surface area contributed by atoms with E-state index in [9.17, 15) is 76.6 Å². The van der Waals surface area contributed by atoms with E-state index in [1.54, 1.807) is 13.8 Å². The maximum Gasteiger partial charge on any atom is 0.187 e. The number of aliphatic hydroxyl groups excluding tert-OH is 14. The fraction of sp³-hybridized carbons (Fsp3) is 0.963. The van der Waals surface area contributed by atoms with E-state index in [1.807, 2.05) is 0 Å². The Morgan fingerprint density at radius 1 is 0.571 bits per heavy atom. The molecule has 77 heavy (non-hydrogen) atoms. The summed E-state index contributed by atoms with van der Waals surface area (Å²) in [5.41, 5.74) is -0.793. The van der Waals surface area contributed by atoms with Crippen molar-refractivity contribution in [1.29, 1.82) is 0 Å². The van der Waals surface area contributed by atoms with Crippen molar-refractivity contribution in [1.82, 2.24) is 0 Å². The third-order valence-corrected chi connectivity index (χ3v) is 20.7. The second-order valence-corrected chi connectivity index (χ2v) is 25.8. The summed E-state index contributed by atoms with van der Waals surface area (Å²) in [6.45, 7) is 14.4. The van der Waals surface area contributed by atoms with E-state index in [0.29, 0.717) is 30.6 Å². The Kier molecular flexibility index (Phi) is 18.9. The van der Waals surface area contributed by atoms with Gasteiger partial charge < -0.3 is 114 Å². The van der Waals surface area contributed by atoms with Crippen LogP contribution >= 0.6 is 0 Å². The van der Waals surface area contributed by atoms with Crippen molar-refractivity contribution < 1.29 is 114 Å². The van der Waals surface area contributed by atoms with Crippen LogP contribution in [-0.2, 0) is 37.9 Å². The quantitative estimate of drug-likeness (QED) is 0.0543. The minimum atomic E-state index is -1.91. The zero-order valence-corrected chi connectivity index (χ0v) is 45.8. The summed E-state index contributed by atoms with van der Waals surface area (Å²) in [6.07, 6.45) is -23.9. The summed E-state index contributed by atoms with van der Waals surface area (Å²) in [5.74, 6) is 1.10. The molecule has 0 amide bonds. The van der Waals surface area contributed by atoms with Gasteiger partial charge in [-0.2, -0.15) is 0 Å². The molecule has 4 aliphatic heterocycles. The number of hydrogen-bond donors (Lipinski definition) is 15. The molecule has 3 saturated carbocycles. The van der Waals surface area contributed by atoms with Gasteiger partial charge in [0.15, 0.2) is 25.2 Å². The molecule has 0 radical (unpaired) electrons. The van der Waals surface area contributed by atoms with Crippen molar-refractivity contribution in [2.75, 3.05) is 26.4 Å². The van der Waals surface area contributed by atoms with E-state index in [1.165, 1.54) is 5.57 Å². The number of hydrogen-bond acceptors (Lipinski definition) is 23. The predicted octanol–water partition coefficient (Wildman–Crippen LogP) is -2.20. The molecule has 0 spiro atoms. The van der Waals surface area contributed by atoms with Crippen molar-refractivity contribution in [2.24, 2.45) is 45.3 Å². The maximum atomic E-state index is 11.8. The Labute approximate surface area is 450 Å². The molecule has 15 N–H and O–H groups in total. The van der Waals surface area contributed by atoms with Crippen molar-refractivity contribution in [2.45, 2.75) is 254 Å². The molecule has 23 nitrogen and oxygen atoms in total. The first kappa shape index (κ1) is 61.9. The van der Waals surface area contributed by atoms with Gasteiger partial charge >= 0.3 is 0 Å². The topological polar surface area (TPSA) is 377 Å². The molecule has 0 aromatic heterocycles. The van der Waals surface area contributed by atoms with Crippen LogP contribution in [0.25, 0.3) is 0 Å². The summed E-state index contributed by atoms with van der Waals surface area (Å²) in [7, 11) is 0. The lowest BCUT2D eigenvalue weighted by Crippen LogP contribution is -2.65. The fourth-order valence-corrected chi connectivity index (χ4v) is 15.6. The Bertz CT molecular complexity index is 1990. The van der Waals surface area contributed by atoms with E-state index in [2.05, 4.69) is 47.6 Å². The van der Waals surface area contributed by atoms with Crippen LogP contribution in [0.2, 0.25) is 0 Å². The van der Waals surface area contributed by atoms with Crippen molar-refractivity contribution in [3.05, 3.63) is 11.6 Å². The van der Waals surface area contributed by atoms with E-state index in [-0.39, 0.29) is 40.1 Å². The molecule has 8 aliphatic rings. The summed E-state index contributed by atoms with van der Waals surface area (Å²) < 4.78 is 47.9. The van der Waals surface area contributed by atoms with Gasteiger partial charge in [0.1, 0.15) is 97.7 Å². The molecule has 29 unspecified atom stereocenters. The van der Waals surface area contributed by atoms with Gasteiger partial charge in [-0.05, 0) is 117 Å². The lowest BCUT2D eigenvalue weighted by molar-refractivity contribution is -0.380. The molecule has 0 aromatic carbocycles. The SMILES string of the molecule is CC(CCC(OC1OC(COC2OC(CO)C(O)C(O)C2O)C(O)C(O)C1OC1OC(CO)C(O)C(O)C1O)C(C)(C)O)C1=CCC2(C)C3CCC4C(CCC(OC5OC(CO)C(O)C(O)C5O)C4(C)C)C3(C)CCC12C. The van der Waals surface area contributed by atoms with Crippen molar-refractivity contribution >= 4 is 0 Å². The van der Waals surface area contributed by atoms with Crippen molar-refractivity contribution in [3.63, 3.8) is 0 Å². The van der Waals surface area contributed by atoms with Gasteiger partial charge in [0, 0.05) is 0 Å². The van der Waals surface area contributed by atoms with Crippen LogP contribution in [0.1, 0.15) is 113 Å². The van der Waals surface area contributed by atoms with E-state index < -0.39 is 161 Å². The van der Waals surface area contributed by atoms with Crippen LogP contribution < -0.4 is 0 Å². The fourth-order valence-electron chi connectivity index (χ4n) is 15.6. The van der Waals surface area contributed by atoms with E-state index in [0.717, 1.165) is 38.5 Å². The second kappa shape index (κ2) is 23.5. The minimum Gasteiger partial charge on any atom is -0.394 e. The van der Waals surface area contributed by atoms with Gasteiger partial charge in [-0.3, -0.25) is 0 Å². The highest BCUT2D eigenvalue weighted by molar-refractivity contribution is 5.32. The number of fused-ring (bicyclic) bond motifs is 5. The summed E-state index contributed by atoms with van der Waals surface area (Å²) in [5, 5.41) is 159. The lowest BCUT2D eigenvalue weighted by Gasteiger charge is -2.68. The number of rotatable bonds is 17. The summed E-state index contributed by atoms with van der Waals surface area (Å²) in [6, 6.07) is 0. The zero-order valence-electron chi connectivity index (χ0n) is 45.8. The highest BCUT2D eigenvalue weighted by Gasteiger charge is 2.67. The van der Waals surface area contributed by atoms with Crippen LogP contribution in [0.3, 0.4) is 0 Å². The minimum absolute atomic E-state index is 0.00504. The van der Waals surface area contributed by atoms with Crippen LogP contribution in [0, 0.1) is 45.3 Å². The summed E-state index contributed by atoms with van der Waals surface area (Å²) in [4.78, 5) is 0. The van der Waals surface area contributed by atoms with Crippen LogP contribution in [0.4, 0.5) is 0 Å². The van der Waals surface area contributed by atoms with E-state index in [4.69, 9.17) is 37.9 Å². The highest BCUT2D eigenvalue weighted by atomic mass is 16.8.